The van der Waals surface area contributed by atoms with Crippen LogP contribution in [0.15, 0.2) is 52.1 Å². The van der Waals surface area contributed by atoms with Gasteiger partial charge in [0.1, 0.15) is 0 Å². The van der Waals surface area contributed by atoms with Crippen molar-refractivity contribution in [3.8, 4) is 11.5 Å². The van der Waals surface area contributed by atoms with Crippen LogP contribution in [0.25, 0.3) is 11.5 Å². The van der Waals surface area contributed by atoms with E-state index in [0.717, 1.165) is 22.3 Å². The minimum absolute atomic E-state index is 0.103. The Morgan fingerprint density at radius 3 is 2.48 bits per heavy atom. The molecule has 1 amide bonds. The molecule has 27 heavy (non-hydrogen) atoms. The van der Waals surface area contributed by atoms with Gasteiger partial charge in [-0.1, -0.05) is 52.7 Å². The number of thioether (sulfide) groups is 1. The number of hydrogen-bond acceptors (Lipinski definition) is 5. The van der Waals surface area contributed by atoms with Gasteiger partial charge in [-0.3, -0.25) is 4.79 Å². The fraction of sp³-hybridized carbons (Fsp3) is 0.250. The van der Waals surface area contributed by atoms with Crippen LogP contribution in [0, 0.1) is 13.8 Å². The summed E-state index contributed by atoms with van der Waals surface area (Å²) in [6, 6.07) is 13.4. The molecule has 1 heterocycles. The normalized spacial score (nSPS) is 12.0. The maximum Gasteiger partial charge on any atom is 0.277 e. The molecule has 7 heteroatoms. The van der Waals surface area contributed by atoms with E-state index < -0.39 is 0 Å². The topological polar surface area (TPSA) is 68.0 Å². The first-order valence-corrected chi connectivity index (χ1v) is 9.87. The minimum atomic E-state index is -0.108. The van der Waals surface area contributed by atoms with E-state index in [1.165, 1.54) is 11.8 Å². The van der Waals surface area contributed by atoms with E-state index in [0.29, 0.717) is 16.1 Å². The van der Waals surface area contributed by atoms with Crippen molar-refractivity contribution in [2.45, 2.75) is 32.0 Å². The van der Waals surface area contributed by atoms with E-state index >= 15 is 0 Å². The van der Waals surface area contributed by atoms with Crippen molar-refractivity contribution in [1.29, 1.82) is 0 Å². The van der Waals surface area contributed by atoms with Crippen molar-refractivity contribution in [2.24, 2.45) is 0 Å². The van der Waals surface area contributed by atoms with Crippen molar-refractivity contribution in [3.63, 3.8) is 0 Å². The fourth-order valence-electron chi connectivity index (χ4n) is 2.73. The number of carbonyl (C=O) groups excluding carboxylic acids is 1. The number of nitrogens with one attached hydrogen (secondary N) is 1. The van der Waals surface area contributed by atoms with Crippen LogP contribution in [0.3, 0.4) is 0 Å². The van der Waals surface area contributed by atoms with Gasteiger partial charge in [-0.2, -0.15) is 0 Å². The van der Waals surface area contributed by atoms with Gasteiger partial charge in [0.05, 0.1) is 11.8 Å². The monoisotopic (exact) mass is 401 g/mol. The molecule has 140 valence electrons. The molecule has 5 nitrogen and oxygen atoms in total. The van der Waals surface area contributed by atoms with Crippen LogP contribution < -0.4 is 5.32 Å². The third-order valence-corrected chi connectivity index (χ3v) is 5.02. The van der Waals surface area contributed by atoms with Gasteiger partial charge in [0.15, 0.2) is 0 Å². The molecule has 1 atom stereocenters. The first kappa shape index (κ1) is 19.5. The molecule has 0 unspecified atom stereocenters. The fourth-order valence-corrected chi connectivity index (χ4v) is 3.43. The standard InChI is InChI=1S/C20H20ClN3O2S/c1-12-8-13(2)10-16(9-12)19-23-24-20(26-19)27-11-18(25)22-14(3)15-4-6-17(21)7-5-15/h4-10,14H,11H2,1-3H3,(H,22,25)/t14-/m0/s1. The molecule has 3 aromatic rings. The Kier molecular flexibility index (Phi) is 6.19. The van der Waals surface area contributed by atoms with Gasteiger partial charge in [0, 0.05) is 10.6 Å². The van der Waals surface area contributed by atoms with Gasteiger partial charge >= 0.3 is 0 Å². The minimum Gasteiger partial charge on any atom is -0.411 e. The second kappa shape index (κ2) is 8.59. The summed E-state index contributed by atoms with van der Waals surface area (Å²) in [5.74, 6) is 0.555. The highest BCUT2D eigenvalue weighted by molar-refractivity contribution is 7.99. The first-order chi connectivity index (χ1) is 12.9. The Balaban J connectivity index is 1.56. The van der Waals surface area contributed by atoms with Gasteiger partial charge in [-0.05, 0) is 50.6 Å². The molecule has 0 saturated carbocycles. The average Bonchev–Trinajstić information content (AvgIpc) is 3.09. The SMILES string of the molecule is Cc1cc(C)cc(-c2nnc(SCC(=O)N[C@@H](C)c3ccc(Cl)cc3)o2)c1. The van der Waals surface area contributed by atoms with E-state index in [2.05, 4.69) is 21.6 Å². The summed E-state index contributed by atoms with van der Waals surface area (Å²) in [4.78, 5) is 12.2. The predicted molar refractivity (Wildman–Crippen MR) is 108 cm³/mol. The van der Waals surface area contributed by atoms with Gasteiger partial charge < -0.3 is 9.73 Å². The van der Waals surface area contributed by atoms with E-state index in [4.69, 9.17) is 16.0 Å². The maximum absolute atomic E-state index is 12.2. The summed E-state index contributed by atoms with van der Waals surface area (Å²) >= 11 is 7.11. The number of amides is 1. The van der Waals surface area contributed by atoms with Gasteiger partial charge in [-0.25, -0.2) is 0 Å². The number of aromatic nitrogens is 2. The summed E-state index contributed by atoms with van der Waals surface area (Å²) in [5.41, 5.74) is 4.14. The van der Waals surface area contributed by atoms with Crippen LogP contribution in [0.1, 0.15) is 29.7 Å². The zero-order chi connectivity index (χ0) is 19.4. The quantitative estimate of drug-likeness (QED) is 0.590. The average molecular weight is 402 g/mol. The number of benzene rings is 2. The van der Waals surface area contributed by atoms with Crippen molar-refractivity contribution < 1.29 is 9.21 Å². The van der Waals surface area contributed by atoms with Crippen LogP contribution >= 0.6 is 23.4 Å². The zero-order valence-electron chi connectivity index (χ0n) is 15.3. The molecule has 0 saturated heterocycles. The van der Waals surface area contributed by atoms with E-state index in [1.54, 1.807) is 12.1 Å². The molecular weight excluding hydrogens is 382 g/mol. The predicted octanol–water partition coefficient (Wildman–Crippen LogP) is 4.98. The van der Waals surface area contributed by atoms with Crippen LogP contribution in [0.2, 0.25) is 5.02 Å². The third kappa shape index (κ3) is 5.34. The molecule has 0 bridgehead atoms. The highest BCUT2D eigenvalue weighted by Crippen LogP contribution is 2.25. The molecule has 1 N–H and O–H groups in total. The third-order valence-electron chi connectivity index (χ3n) is 3.95. The Bertz CT molecular complexity index is 920. The smallest absolute Gasteiger partial charge is 0.277 e. The van der Waals surface area contributed by atoms with Crippen molar-refractivity contribution in [1.82, 2.24) is 15.5 Å². The van der Waals surface area contributed by atoms with E-state index in [9.17, 15) is 4.79 Å². The summed E-state index contributed by atoms with van der Waals surface area (Å²) in [6.45, 7) is 5.97. The molecule has 1 aromatic heterocycles. The van der Waals surface area contributed by atoms with Gasteiger partial charge in [0.25, 0.3) is 5.22 Å². The lowest BCUT2D eigenvalue weighted by atomic mass is 10.1. The molecule has 0 aliphatic rings. The van der Waals surface area contributed by atoms with Gasteiger partial charge in [0.2, 0.25) is 11.8 Å². The summed E-state index contributed by atoms with van der Waals surface area (Å²) in [6.07, 6.45) is 0. The molecular formula is C20H20ClN3O2S. The van der Waals surface area contributed by atoms with Crippen LogP contribution in [0.5, 0.6) is 0 Å². The molecule has 0 fully saturated rings. The van der Waals surface area contributed by atoms with E-state index in [1.807, 2.05) is 45.0 Å². The van der Waals surface area contributed by atoms with Crippen LogP contribution in [-0.4, -0.2) is 21.9 Å². The van der Waals surface area contributed by atoms with Crippen molar-refractivity contribution in [3.05, 3.63) is 64.2 Å². The number of carbonyl (C=O) groups is 1. The van der Waals surface area contributed by atoms with Crippen LogP contribution in [0.4, 0.5) is 0 Å². The lowest BCUT2D eigenvalue weighted by Crippen LogP contribution is -2.28. The second-order valence-corrected chi connectivity index (χ2v) is 7.74. The Morgan fingerprint density at radius 1 is 1.15 bits per heavy atom. The molecule has 0 spiro atoms. The number of rotatable bonds is 6. The number of halogens is 1. The van der Waals surface area contributed by atoms with Crippen molar-refractivity contribution in [2.75, 3.05) is 5.75 Å². The Morgan fingerprint density at radius 2 is 1.81 bits per heavy atom. The molecule has 0 aliphatic heterocycles. The number of hydrogen-bond donors (Lipinski definition) is 1. The van der Waals surface area contributed by atoms with E-state index in [-0.39, 0.29) is 17.7 Å². The second-order valence-electron chi connectivity index (χ2n) is 6.38. The highest BCUT2D eigenvalue weighted by Gasteiger charge is 2.14. The van der Waals surface area contributed by atoms with Gasteiger partial charge in [-0.15, -0.1) is 10.2 Å². The number of nitrogens with zero attached hydrogens (tertiary/aromatic N) is 2. The molecule has 3 rings (SSSR count). The lowest BCUT2D eigenvalue weighted by molar-refractivity contribution is -0.119. The molecule has 0 radical (unpaired) electrons. The summed E-state index contributed by atoms with van der Waals surface area (Å²) < 4.78 is 5.68. The zero-order valence-corrected chi connectivity index (χ0v) is 16.9. The maximum atomic E-state index is 12.2. The summed E-state index contributed by atoms with van der Waals surface area (Å²) in [5, 5.41) is 12.1. The molecule has 2 aromatic carbocycles. The Hall–Kier alpha value is -2.31. The van der Waals surface area contributed by atoms with Crippen molar-refractivity contribution >= 4 is 29.3 Å². The Labute approximate surface area is 167 Å². The highest BCUT2D eigenvalue weighted by atomic mass is 35.5. The molecule has 0 aliphatic carbocycles. The number of aryl methyl sites for hydroxylation is 2. The lowest BCUT2D eigenvalue weighted by Gasteiger charge is -2.13. The largest absolute Gasteiger partial charge is 0.411 e. The van der Waals surface area contributed by atoms with Crippen LogP contribution in [-0.2, 0) is 4.79 Å². The first-order valence-electron chi connectivity index (χ1n) is 8.50. The summed E-state index contributed by atoms with van der Waals surface area (Å²) in [7, 11) is 0.